The number of carboxylic acid groups (broad SMARTS) is 1. The van der Waals surface area contributed by atoms with Crippen molar-refractivity contribution in [3.63, 3.8) is 0 Å². The van der Waals surface area contributed by atoms with Crippen LogP contribution in [0.1, 0.15) is 32.1 Å². The molecule has 0 saturated heterocycles. The summed E-state index contributed by atoms with van der Waals surface area (Å²) in [4.78, 5) is 10.6. The molecule has 1 atom stereocenters. The van der Waals surface area contributed by atoms with E-state index in [9.17, 15) is 4.79 Å². The van der Waals surface area contributed by atoms with Crippen molar-refractivity contribution in [2.24, 2.45) is 5.92 Å². The Morgan fingerprint density at radius 3 is 2.38 bits per heavy atom. The lowest BCUT2D eigenvalue weighted by Crippen LogP contribution is -2.22. The molecule has 1 unspecified atom stereocenters. The Bertz CT molecular complexity index is 207. The third kappa shape index (κ3) is 2.83. The molecule has 0 bridgehead atoms. The Balaban J connectivity index is 2.49. The van der Waals surface area contributed by atoms with E-state index in [0.717, 1.165) is 12.8 Å². The molecule has 13 heavy (non-hydrogen) atoms. The van der Waals surface area contributed by atoms with E-state index in [0.29, 0.717) is 11.5 Å². The fourth-order valence-corrected chi connectivity index (χ4v) is 2.55. The number of rotatable bonds is 3. The molecule has 1 fully saturated rings. The van der Waals surface area contributed by atoms with Gasteiger partial charge in [-0.1, -0.05) is 41.8 Å². The van der Waals surface area contributed by atoms with Gasteiger partial charge in [0.1, 0.15) is 0 Å². The van der Waals surface area contributed by atoms with Crippen LogP contribution < -0.4 is 0 Å². The summed E-state index contributed by atoms with van der Waals surface area (Å²) >= 11 is 3.42. The van der Waals surface area contributed by atoms with E-state index < -0.39 is 5.97 Å². The van der Waals surface area contributed by atoms with Gasteiger partial charge in [-0.25, -0.2) is 4.79 Å². The Kier molecular flexibility index (Phi) is 3.97. The molecule has 0 amide bonds. The predicted molar refractivity (Wildman–Crippen MR) is 56.1 cm³/mol. The number of alkyl halides is 1. The highest BCUT2D eigenvalue weighted by Gasteiger charge is 2.26. The number of carboxylic acids is 1. The van der Waals surface area contributed by atoms with Crippen LogP contribution >= 0.6 is 15.9 Å². The molecule has 0 aromatic carbocycles. The molecule has 0 radical (unpaired) electrons. The lowest BCUT2D eigenvalue weighted by atomic mass is 9.85. The van der Waals surface area contributed by atoms with Crippen LogP contribution in [-0.2, 0) is 4.79 Å². The van der Waals surface area contributed by atoms with Crippen LogP contribution in [0, 0.1) is 5.92 Å². The predicted octanol–water partition coefficient (Wildman–Crippen LogP) is 2.97. The summed E-state index contributed by atoms with van der Waals surface area (Å²) in [7, 11) is 0. The van der Waals surface area contributed by atoms with E-state index in [1.165, 1.54) is 19.3 Å². The van der Waals surface area contributed by atoms with Crippen molar-refractivity contribution in [1.82, 2.24) is 0 Å². The SMILES string of the molecule is C=C(C(=O)O)C(Br)C1CCCCC1. The van der Waals surface area contributed by atoms with E-state index in [-0.39, 0.29) is 4.83 Å². The summed E-state index contributed by atoms with van der Waals surface area (Å²) < 4.78 is 0. The van der Waals surface area contributed by atoms with Gasteiger partial charge in [-0.3, -0.25) is 0 Å². The molecule has 1 rings (SSSR count). The average molecular weight is 247 g/mol. The minimum Gasteiger partial charge on any atom is -0.478 e. The standard InChI is InChI=1S/C10H15BrO2/c1-7(10(12)13)9(11)8-5-3-2-4-6-8/h8-9H,1-6H2,(H,12,13). The van der Waals surface area contributed by atoms with Crippen LogP contribution in [0.15, 0.2) is 12.2 Å². The molecule has 0 aromatic rings. The smallest absolute Gasteiger partial charge is 0.332 e. The van der Waals surface area contributed by atoms with E-state index in [1.54, 1.807) is 0 Å². The number of hydrogen-bond donors (Lipinski definition) is 1. The minimum atomic E-state index is -0.882. The quantitative estimate of drug-likeness (QED) is 0.614. The van der Waals surface area contributed by atoms with Crippen molar-refractivity contribution < 1.29 is 9.90 Å². The first-order chi connectivity index (χ1) is 6.13. The lowest BCUT2D eigenvalue weighted by molar-refractivity contribution is -0.132. The highest BCUT2D eigenvalue weighted by molar-refractivity contribution is 9.09. The van der Waals surface area contributed by atoms with Gasteiger partial charge in [0.15, 0.2) is 0 Å². The van der Waals surface area contributed by atoms with E-state index in [1.807, 2.05) is 0 Å². The highest BCUT2D eigenvalue weighted by atomic mass is 79.9. The summed E-state index contributed by atoms with van der Waals surface area (Å²) in [5.41, 5.74) is 0.298. The molecule has 1 saturated carbocycles. The molecule has 0 heterocycles. The van der Waals surface area contributed by atoms with Crippen LogP contribution in [0.2, 0.25) is 0 Å². The number of hydrogen-bond acceptors (Lipinski definition) is 1. The van der Waals surface area contributed by atoms with Crippen LogP contribution in [0.5, 0.6) is 0 Å². The van der Waals surface area contributed by atoms with Crippen molar-refractivity contribution in [3.8, 4) is 0 Å². The maximum atomic E-state index is 10.7. The summed E-state index contributed by atoms with van der Waals surface area (Å²) in [6.45, 7) is 3.58. The van der Waals surface area contributed by atoms with Gasteiger partial charge in [-0.2, -0.15) is 0 Å². The first-order valence-electron chi connectivity index (χ1n) is 4.69. The summed E-state index contributed by atoms with van der Waals surface area (Å²) in [5, 5.41) is 8.75. The van der Waals surface area contributed by atoms with Crippen molar-refractivity contribution in [2.45, 2.75) is 36.9 Å². The largest absolute Gasteiger partial charge is 0.478 e. The van der Waals surface area contributed by atoms with Gasteiger partial charge >= 0.3 is 5.97 Å². The van der Waals surface area contributed by atoms with Crippen molar-refractivity contribution >= 4 is 21.9 Å². The van der Waals surface area contributed by atoms with Crippen LogP contribution in [0.4, 0.5) is 0 Å². The summed E-state index contributed by atoms with van der Waals surface area (Å²) in [5.74, 6) is -0.412. The Morgan fingerprint density at radius 2 is 1.92 bits per heavy atom. The van der Waals surface area contributed by atoms with Gasteiger partial charge in [-0.15, -0.1) is 0 Å². The molecule has 1 aliphatic rings. The first-order valence-corrected chi connectivity index (χ1v) is 5.60. The monoisotopic (exact) mass is 246 g/mol. The Labute approximate surface area is 87.2 Å². The number of carbonyl (C=O) groups is 1. The van der Waals surface area contributed by atoms with Gasteiger partial charge in [0.2, 0.25) is 0 Å². The third-order valence-corrected chi connectivity index (χ3v) is 3.97. The minimum absolute atomic E-state index is 0.0368. The van der Waals surface area contributed by atoms with E-state index in [2.05, 4.69) is 22.5 Å². The fourth-order valence-electron chi connectivity index (χ4n) is 1.83. The third-order valence-electron chi connectivity index (χ3n) is 2.67. The zero-order valence-electron chi connectivity index (χ0n) is 7.63. The van der Waals surface area contributed by atoms with Crippen molar-refractivity contribution in [3.05, 3.63) is 12.2 Å². The second kappa shape index (κ2) is 4.80. The van der Waals surface area contributed by atoms with Gasteiger partial charge in [-0.05, 0) is 18.8 Å². The molecule has 2 nitrogen and oxygen atoms in total. The average Bonchev–Trinajstić information content (AvgIpc) is 2.17. The molecular formula is C10H15BrO2. The molecular weight excluding hydrogens is 232 g/mol. The maximum absolute atomic E-state index is 10.7. The maximum Gasteiger partial charge on any atom is 0.332 e. The van der Waals surface area contributed by atoms with Gasteiger partial charge in [0.25, 0.3) is 0 Å². The summed E-state index contributed by atoms with van der Waals surface area (Å²) in [6.07, 6.45) is 5.99. The zero-order valence-corrected chi connectivity index (χ0v) is 9.22. The Morgan fingerprint density at radius 1 is 1.38 bits per heavy atom. The molecule has 74 valence electrons. The molecule has 3 heteroatoms. The molecule has 0 aliphatic heterocycles. The first kappa shape index (κ1) is 10.8. The van der Waals surface area contributed by atoms with E-state index in [4.69, 9.17) is 5.11 Å². The molecule has 0 aromatic heterocycles. The normalized spacial score (nSPS) is 21.0. The topological polar surface area (TPSA) is 37.3 Å². The fraction of sp³-hybridized carbons (Fsp3) is 0.700. The summed E-state index contributed by atoms with van der Waals surface area (Å²) in [6, 6.07) is 0. The van der Waals surface area contributed by atoms with Gasteiger partial charge < -0.3 is 5.11 Å². The highest BCUT2D eigenvalue weighted by Crippen LogP contribution is 2.33. The second-order valence-electron chi connectivity index (χ2n) is 3.63. The second-order valence-corrected chi connectivity index (χ2v) is 4.62. The Hall–Kier alpha value is -0.310. The molecule has 1 N–H and O–H groups in total. The van der Waals surface area contributed by atoms with Gasteiger partial charge in [0.05, 0.1) is 0 Å². The molecule has 1 aliphatic carbocycles. The van der Waals surface area contributed by atoms with Gasteiger partial charge in [0, 0.05) is 10.4 Å². The van der Waals surface area contributed by atoms with Crippen LogP contribution in [-0.4, -0.2) is 15.9 Å². The lowest BCUT2D eigenvalue weighted by Gasteiger charge is -2.26. The van der Waals surface area contributed by atoms with Crippen LogP contribution in [0.3, 0.4) is 0 Å². The number of aliphatic carboxylic acids is 1. The van der Waals surface area contributed by atoms with Crippen molar-refractivity contribution in [2.75, 3.05) is 0 Å². The zero-order chi connectivity index (χ0) is 9.84. The van der Waals surface area contributed by atoms with Crippen LogP contribution in [0.25, 0.3) is 0 Å². The van der Waals surface area contributed by atoms with E-state index >= 15 is 0 Å². The van der Waals surface area contributed by atoms with Crippen molar-refractivity contribution in [1.29, 1.82) is 0 Å². The number of halogens is 1. The molecule has 0 spiro atoms.